The fourth-order valence-electron chi connectivity index (χ4n) is 3.89. The molecule has 2 aromatic carbocycles. The predicted octanol–water partition coefficient (Wildman–Crippen LogP) is 9.14. The van der Waals surface area contributed by atoms with E-state index in [9.17, 15) is 0 Å². The lowest BCUT2D eigenvalue weighted by Crippen LogP contribution is -1.98. The average Bonchev–Trinajstić information content (AvgIpc) is 2.78. The second-order valence-corrected chi connectivity index (χ2v) is 8.73. The maximum atomic E-state index is 5.95. The molecule has 0 heterocycles. The van der Waals surface area contributed by atoms with E-state index in [1.54, 1.807) is 0 Å². The normalized spacial score (nSPS) is 10.9. The standard InChI is InChI=1S/C29H44O2/c1-4-6-8-9-10-11-12-13-14-15-23-30-27-18-16-26(17-19-27)29-21-20-28(24-25(29)3)31-22-7-5-2/h16-21,24H,4-15,22-23H2,1-3H3. The molecule has 0 radical (unpaired) electrons. The molecule has 2 nitrogen and oxygen atoms in total. The summed E-state index contributed by atoms with van der Waals surface area (Å²) in [6, 6.07) is 14.9. The van der Waals surface area contributed by atoms with Gasteiger partial charge in [-0.2, -0.15) is 0 Å². The van der Waals surface area contributed by atoms with Crippen LogP contribution in [0.4, 0.5) is 0 Å². The van der Waals surface area contributed by atoms with Crippen molar-refractivity contribution < 1.29 is 9.47 Å². The maximum absolute atomic E-state index is 5.95. The van der Waals surface area contributed by atoms with E-state index in [0.717, 1.165) is 44.0 Å². The minimum Gasteiger partial charge on any atom is -0.494 e. The summed E-state index contributed by atoms with van der Waals surface area (Å²) in [7, 11) is 0. The van der Waals surface area contributed by atoms with Crippen molar-refractivity contribution in [2.45, 2.75) is 97.8 Å². The van der Waals surface area contributed by atoms with Gasteiger partial charge in [0.1, 0.15) is 11.5 Å². The van der Waals surface area contributed by atoms with Crippen molar-refractivity contribution in [1.82, 2.24) is 0 Å². The Balaban J connectivity index is 1.64. The Hall–Kier alpha value is -1.96. The molecule has 0 N–H and O–H groups in total. The molecule has 0 spiro atoms. The van der Waals surface area contributed by atoms with E-state index in [1.807, 2.05) is 0 Å². The van der Waals surface area contributed by atoms with Gasteiger partial charge in [0.05, 0.1) is 13.2 Å². The lowest BCUT2D eigenvalue weighted by Gasteiger charge is -2.11. The first-order valence-electron chi connectivity index (χ1n) is 12.7. The minimum absolute atomic E-state index is 0.792. The van der Waals surface area contributed by atoms with Crippen LogP contribution < -0.4 is 9.47 Å². The van der Waals surface area contributed by atoms with Gasteiger partial charge < -0.3 is 9.47 Å². The molecule has 0 aromatic heterocycles. The molecule has 0 saturated heterocycles. The zero-order valence-corrected chi connectivity index (χ0v) is 20.3. The predicted molar refractivity (Wildman–Crippen MR) is 134 cm³/mol. The van der Waals surface area contributed by atoms with Crippen molar-refractivity contribution in [3.8, 4) is 22.6 Å². The van der Waals surface area contributed by atoms with Gasteiger partial charge in [-0.05, 0) is 60.7 Å². The fourth-order valence-corrected chi connectivity index (χ4v) is 3.89. The molecule has 0 saturated carbocycles. The lowest BCUT2D eigenvalue weighted by molar-refractivity contribution is 0.304. The summed E-state index contributed by atoms with van der Waals surface area (Å²) < 4.78 is 11.8. The molecular weight excluding hydrogens is 380 g/mol. The average molecular weight is 425 g/mol. The zero-order valence-electron chi connectivity index (χ0n) is 20.3. The van der Waals surface area contributed by atoms with Crippen molar-refractivity contribution in [3.63, 3.8) is 0 Å². The van der Waals surface area contributed by atoms with Crippen LogP contribution in [0.3, 0.4) is 0 Å². The van der Waals surface area contributed by atoms with Gasteiger partial charge in [0.15, 0.2) is 0 Å². The SMILES string of the molecule is CCCCCCCCCCCCOc1ccc(-c2ccc(OCCCC)cc2C)cc1. The third-order valence-corrected chi connectivity index (χ3v) is 5.90. The van der Waals surface area contributed by atoms with Crippen LogP contribution in [0.2, 0.25) is 0 Å². The molecule has 0 aliphatic rings. The molecule has 2 heteroatoms. The monoisotopic (exact) mass is 424 g/mol. The summed E-state index contributed by atoms with van der Waals surface area (Å²) in [6.07, 6.45) is 15.8. The molecular formula is C29H44O2. The second kappa shape index (κ2) is 15.8. The molecule has 0 bridgehead atoms. The first kappa shape index (κ1) is 25.3. The molecule has 31 heavy (non-hydrogen) atoms. The summed E-state index contributed by atoms with van der Waals surface area (Å²) in [4.78, 5) is 0. The van der Waals surface area contributed by atoms with Crippen molar-refractivity contribution in [3.05, 3.63) is 48.0 Å². The maximum Gasteiger partial charge on any atom is 0.119 e. The molecule has 172 valence electrons. The molecule has 0 atom stereocenters. The third kappa shape index (κ3) is 10.3. The van der Waals surface area contributed by atoms with E-state index in [2.05, 4.69) is 63.2 Å². The highest BCUT2D eigenvalue weighted by atomic mass is 16.5. The molecule has 0 amide bonds. The van der Waals surface area contributed by atoms with Gasteiger partial charge in [-0.1, -0.05) is 96.3 Å². The topological polar surface area (TPSA) is 18.5 Å². The second-order valence-electron chi connectivity index (χ2n) is 8.73. The molecule has 2 aromatic rings. The molecule has 2 rings (SSSR count). The van der Waals surface area contributed by atoms with Crippen LogP contribution in [0, 0.1) is 6.92 Å². The number of hydrogen-bond donors (Lipinski definition) is 0. The molecule has 0 aliphatic heterocycles. The van der Waals surface area contributed by atoms with Gasteiger partial charge in [-0.3, -0.25) is 0 Å². The zero-order chi connectivity index (χ0) is 22.2. The number of ether oxygens (including phenoxy) is 2. The Morgan fingerprint density at radius 3 is 1.68 bits per heavy atom. The number of aryl methyl sites for hydroxylation is 1. The third-order valence-electron chi connectivity index (χ3n) is 5.90. The smallest absolute Gasteiger partial charge is 0.119 e. The van der Waals surface area contributed by atoms with E-state index in [-0.39, 0.29) is 0 Å². The summed E-state index contributed by atoms with van der Waals surface area (Å²) in [5.41, 5.74) is 3.72. The van der Waals surface area contributed by atoms with E-state index in [1.165, 1.54) is 74.5 Å². The van der Waals surface area contributed by atoms with Crippen molar-refractivity contribution >= 4 is 0 Å². The van der Waals surface area contributed by atoms with E-state index in [0.29, 0.717) is 0 Å². The van der Waals surface area contributed by atoms with Crippen molar-refractivity contribution in [2.75, 3.05) is 13.2 Å². The van der Waals surface area contributed by atoms with Gasteiger partial charge >= 0.3 is 0 Å². The van der Waals surface area contributed by atoms with Crippen LogP contribution in [0.15, 0.2) is 42.5 Å². The molecule has 0 unspecified atom stereocenters. The minimum atomic E-state index is 0.792. The van der Waals surface area contributed by atoms with Crippen LogP contribution in [-0.4, -0.2) is 13.2 Å². The van der Waals surface area contributed by atoms with E-state index < -0.39 is 0 Å². The van der Waals surface area contributed by atoms with Gasteiger partial charge in [0.2, 0.25) is 0 Å². The first-order valence-corrected chi connectivity index (χ1v) is 12.7. The Bertz CT molecular complexity index is 705. The van der Waals surface area contributed by atoms with Crippen LogP contribution in [0.1, 0.15) is 96.5 Å². The Morgan fingerprint density at radius 2 is 1.06 bits per heavy atom. The molecule has 0 fully saturated rings. The van der Waals surface area contributed by atoms with Crippen LogP contribution in [0.25, 0.3) is 11.1 Å². The van der Waals surface area contributed by atoms with Gasteiger partial charge in [-0.25, -0.2) is 0 Å². The highest BCUT2D eigenvalue weighted by molar-refractivity contribution is 5.68. The highest BCUT2D eigenvalue weighted by Crippen LogP contribution is 2.28. The van der Waals surface area contributed by atoms with Crippen molar-refractivity contribution in [2.24, 2.45) is 0 Å². The van der Waals surface area contributed by atoms with Gasteiger partial charge in [-0.15, -0.1) is 0 Å². The van der Waals surface area contributed by atoms with Crippen molar-refractivity contribution in [1.29, 1.82) is 0 Å². The quantitative estimate of drug-likeness (QED) is 0.236. The summed E-state index contributed by atoms with van der Waals surface area (Å²) >= 11 is 0. The van der Waals surface area contributed by atoms with E-state index >= 15 is 0 Å². The Morgan fingerprint density at radius 1 is 0.548 bits per heavy atom. The summed E-state index contributed by atoms with van der Waals surface area (Å²) in [5, 5.41) is 0. The van der Waals surface area contributed by atoms with E-state index in [4.69, 9.17) is 9.47 Å². The fraction of sp³-hybridized carbons (Fsp3) is 0.586. The Labute approximate surface area is 191 Å². The largest absolute Gasteiger partial charge is 0.494 e. The summed E-state index contributed by atoms with van der Waals surface area (Å²) in [5.74, 6) is 1.93. The summed E-state index contributed by atoms with van der Waals surface area (Å²) in [6.45, 7) is 8.22. The van der Waals surface area contributed by atoms with Crippen LogP contribution in [-0.2, 0) is 0 Å². The number of hydrogen-bond acceptors (Lipinski definition) is 2. The van der Waals surface area contributed by atoms with Crippen LogP contribution in [0.5, 0.6) is 11.5 Å². The number of unbranched alkanes of at least 4 members (excludes halogenated alkanes) is 10. The lowest BCUT2D eigenvalue weighted by atomic mass is 10.0. The van der Waals surface area contributed by atoms with Crippen LogP contribution >= 0.6 is 0 Å². The van der Waals surface area contributed by atoms with Gasteiger partial charge in [0, 0.05) is 0 Å². The highest BCUT2D eigenvalue weighted by Gasteiger charge is 2.05. The molecule has 0 aliphatic carbocycles. The Kier molecular flexibility index (Phi) is 12.9. The first-order chi connectivity index (χ1) is 15.2. The number of rotatable bonds is 17. The van der Waals surface area contributed by atoms with Gasteiger partial charge in [0.25, 0.3) is 0 Å². The number of benzene rings is 2.